The largest absolute Gasteiger partial charge is 0.468 e. The fraction of sp³-hybridized carbons (Fsp3) is 0.615. The van der Waals surface area contributed by atoms with Gasteiger partial charge in [-0.25, -0.2) is 0 Å². The molecule has 0 amide bonds. The van der Waals surface area contributed by atoms with Gasteiger partial charge in [0.1, 0.15) is 11.5 Å². The lowest BCUT2D eigenvalue weighted by atomic mass is 9.88. The molecule has 0 saturated carbocycles. The number of rotatable bonds is 6. The van der Waals surface area contributed by atoms with Crippen molar-refractivity contribution in [3.05, 3.63) is 24.2 Å². The third-order valence-electron chi connectivity index (χ3n) is 2.98. The van der Waals surface area contributed by atoms with Gasteiger partial charge in [0.2, 0.25) is 0 Å². The van der Waals surface area contributed by atoms with Gasteiger partial charge in [-0.05, 0) is 25.6 Å². The average molecular weight is 223 g/mol. The first-order valence-corrected chi connectivity index (χ1v) is 5.71. The highest BCUT2D eigenvalue weighted by Gasteiger charge is 2.26. The number of carbonyl (C=O) groups is 1. The van der Waals surface area contributed by atoms with E-state index in [1.807, 2.05) is 26.0 Å². The predicted octanol–water partition coefficient (Wildman–Crippen LogP) is 2.72. The second kappa shape index (κ2) is 5.30. The van der Waals surface area contributed by atoms with Gasteiger partial charge < -0.3 is 4.42 Å². The van der Waals surface area contributed by atoms with Gasteiger partial charge >= 0.3 is 0 Å². The highest BCUT2D eigenvalue weighted by atomic mass is 16.3. The third-order valence-corrected chi connectivity index (χ3v) is 2.98. The van der Waals surface area contributed by atoms with Crippen LogP contribution in [0.15, 0.2) is 22.8 Å². The van der Waals surface area contributed by atoms with E-state index in [4.69, 9.17) is 4.42 Å². The lowest BCUT2D eigenvalue weighted by Gasteiger charge is -2.29. The van der Waals surface area contributed by atoms with Crippen molar-refractivity contribution in [3.8, 4) is 0 Å². The first kappa shape index (κ1) is 13.0. The summed E-state index contributed by atoms with van der Waals surface area (Å²) < 4.78 is 5.31. The van der Waals surface area contributed by atoms with Crippen molar-refractivity contribution in [3.63, 3.8) is 0 Å². The summed E-state index contributed by atoms with van der Waals surface area (Å²) in [6, 6.07) is 3.85. The summed E-state index contributed by atoms with van der Waals surface area (Å²) >= 11 is 0. The van der Waals surface area contributed by atoms with Crippen molar-refractivity contribution < 1.29 is 9.21 Å². The summed E-state index contributed by atoms with van der Waals surface area (Å²) in [5, 5.41) is 0. The highest BCUT2D eigenvalue weighted by Crippen LogP contribution is 2.19. The van der Waals surface area contributed by atoms with Gasteiger partial charge in [-0.15, -0.1) is 0 Å². The summed E-state index contributed by atoms with van der Waals surface area (Å²) in [5.41, 5.74) is -0.289. The van der Waals surface area contributed by atoms with E-state index in [9.17, 15) is 4.79 Å². The van der Waals surface area contributed by atoms with Crippen LogP contribution in [0.2, 0.25) is 0 Å². The maximum absolute atomic E-state index is 11.5. The molecule has 0 fully saturated rings. The molecule has 1 aromatic rings. The van der Waals surface area contributed by atoms with Crippen LogP contribution in [0.5, 0.6) is 0 Å². The molecule has 0 unspecified atom stereocenters. The number of nitrogens with zero attached hydrogens (tertiary/aromatic N) is 1. The molecule has 0 aliphatic heterocycles. The summed E-state index contributed by atoms with van der Waals surface area (Å²) in [6.45, 7) is 10.2. The monoisotopic (exact) mass is 223 g/mol. The van der Waals surface area contributed by atoms with Crippen LogP contribution in [-0.2, 0) is 11.3 Å². The highest BCUT2D eigenvalue weighted by molar-refractivity contribution is 5.81. The van der Waals surface area contributed by atoms with Gasteiger partial charge in [0.15, 0.2) is 0 Å². The van der Waals surface area contributed by atoms with Crippen LogP contribution in [-0.4, -0.2) is 23.8 Å². The Bertz CT molecular complexity index is 328. The zero-order chi connectivity index (χ0) is 12.2. The maximum Gasteiger partial charge on any atom is 0.136 e. The minimum atomic E-state index is -0.289. The summed E-state index contributed by atoms with van der Waals surface area (Å²) in [4.78, 5) is 13.7. The van der Waals surface area contributed by atoms with Gasteiger partial charge in [-0.1, -0.05) is 20.8 Å². The smallest absolute Gasteiger partial charge is 0.136 e. The number of carbonyl (C=O) groups excluding carboxylic acids is 1. The lowest BCUT2D eigenvalue weighted by Crippen LogP contribution is -2.37. The molecule has 0 radical (unpaired) electrons. The van der Waals surface area contributed by atoms with Gasteiger partial charge in [0, 0.05) is 12.0 Å². The molecule has 0 aromatic carbocycles. The molecule has 0 aliphatic carbocycles. The average Bonchev–Trinajstić information content (AvgIpc) is 2.68. The number of furan rings is 1. The molecule has 0 bridgehead atoms. The van der Waals surface area contributed by atoms with Crippen LogP contribution < -0.4 is 0 Å². The lowest BCUT2D eigenvalue weighted by molar-refractivity contribution is -0.125. The number of ketones is 1. The molecule has 0 saturated heterocycles. The molecule has 16 heavy (non-hydrogen) atoms. The van der Waals surface area contributed by atoms with Gasteiger partial charge in [-0.3, -0.25) is 9.69 Å². The van der Waals surface area contributed by atoms with E-state index in [2.05, 4.69) is 11.8 Å². The second-order valence-corrected chi connectivity index (χ2v) is 4.82. The van der Waals surface area contributed by atoms with Crippen molar-refractivity contribution in [1.29, 1.82) is 0 Å². The standard InChI is InChI=1S/C13H21NO2/c1-5-14(9-12-7-6-8-16-12)10-13(3,4)11(2)15/h6-8H,5,9-10H2,1-4H3. The number of hydrogen-bond donors (Lipinski definition) is 0. The van der Waals surface area contributed by atoms with Crippen molar-refractivity contribution in [2.75, 3.05) is 13.1 Å². The zero-order valence-corrected chi connectivity index (χ0v) is 10.6. The van der Waals surface area contributed by atoms with Crippen LogP contribution in [0.4, 0.5) is 0 Å². The Labute approximate surface area is 97.4 Å². The van der Waals surface area contributed by atoms with Crippen molar-refractivity contribution >= 4 is 5.78 Å². The molecule has 0 atom stereocenters. The number of hydrogen-bond acceptors (Lipinski definition) is 3. The van der Waals surface area contributed by atoms with Crippen LogP contribution in [0.3, 0.4) is 0 Å². The Morgan fingerprint density at radius 2 is 2.19 bits per heavy atom. The first-order chi connectivity index (χ1) is 7.45. The zero-order valence-electron chi connectivity index (χ0n) is 10.6. The molecule has 1 heterocycles. The van der Waals surface area contributed by atoms with E-state index in [1.165, 1.54) is 0 Å². The Hall–Kier alpha value is -1.09. The first-order valence-electron chi connectivity index (χ1n) is 5.71. The molecule has 0 spiro atoms. The summed E-state index contributed by atoms with van der Waals surface area (Å²) in [7, 11) is 0. The Balaban J connectivity index is 2.59. The van der Waals surface area contributed by atoms with Crippen molar-refractivity contribution in [1.82, 2.24) is 4.90 Å². The van der Waals surface area contributed by atoms with Crippen LogP contribution in [0, 0.1) is 5.41 Å². The maximum atomic E-state index is 11.5. The molecule has 0 N–H and O–H groups in total. The van der Waals surface area contributed by atoms with E-state index >= 15 is 0 Å². The van der Waals surface area contributed by atoms with E-state index < -0.39 is 0 Å². The molecule has 1 aromatic heterocycles. The van der Waals surface area contributed by atoms with Crippen LogP contribution in [0.1, 0.15) is 33.5 Å². The van der Waals surface area contributed by atoms with Crippen molar-refractivity contribution in [2.24, 2.45) is 5.41 Å². The topological polar surface area (TPSA) is 33.5 Å². The predicted molar refractivity (Wildman–Crippen MR) is 64.1 cm³/mol. The molecule has 0 aliphatic rings. The van der Waals surface area contributed by atoms with Gasteiger partial charge in [-0.2, -0.15) is 0 Å². The minimum Gasteiger partial charge on any atom is -0.468 e. The van der Waals surface area contributed by atoms with E-state index in [0.29, 0.717) is 0 Å². The third kappa shape index (κ3) is 3.49. The van der Waals surface area contributed by atoms with E-state index in [-0.39, 0.29) is 11.2 Å². The molecular weight excluding hydrogens is 202 g/mol. The van der Waals surface area contributed by atoms with Crippen LogP contribution in [0.25, 0.3) is 0 Å². The van der Waals surface area contributed by atoms with Gasteiger partial charge in [0.05, 0.1) is 12.8 Å². The van der Waals surface area contributed by atoms with Gasteiger partial charge in [0.25, 0.3) is 0 Å². The quantitative estimate of drug-likeness (QED) is 0.743. The fourth-order valence-electron chi connectivity index (χ4n) is 1.57. The van der Waals surface area contributed by atoms with E-state index in [0.717, 1.165) is 25.4 Å². The SMILES string of the molecule is CCN(Cc1ccco1)CC(C)(C)C(C)=O. The molecular formula is C13H21NO2. The summed E-state index contributed by atoms with van der Waals surface area (Å²) in [5.74, 6) is 1.17. The Kier molecular flexibility index (Phi) is 4.30. The van der Waals surface area contributed by atoms with E-state index in [1.54, 1.807) is 13.2 Å². The van der Waals surface area contributed by atoms with Crippen molar-refractivity contribution in [2.45, 2.75) is 34.2 Å². The Morgan fingerprint density at radius 1 is 1.50 bits per heavy atom. The molecule has 3 heteroatoms. The fourth-order valence-corrected chi connectivity index (χ4v) is 1.57. The van der Waals surface area contributed by atoms with Crippen LogP contribution >= 0.6 is 0 Å². The Morgan fingerprint density at radius 3 is 2.62 bits per heavy atom. The number of Topliss-reactive ketones (excluding diaryl/α,β-unsaturated/α-hetero) is 1. The minimum absolute atomic E-state index is 0.227. The molecule has 90 valence electrons. The molecule has 3 nitrogen and oxygen atoms in total. The molecule has 1 rings (SSSR count). The second-order valence-electron chi connectivity index (χ2n) is 4.82. The normalized spacial score (nSPS) is 12.1. The summed E-state index contributed by atoms with van der Waals surface area (Å²) in [6.07, 6.45) is 1.68.